The number of anilines is 3. The van der Waals surface area contributed by atoms with Gasteiger partial charge in [0, 0.05) is 56.0 Å². The van der Waals surface area contributed by atoms with Gasteiger partial charge in [0.25, 0.3) is 0 Å². The first kappa shape index (κ1) is 24.9. The molecule has 2 aromatic rings. The van der Waals surface area contributed by atoms with E-state index in [9.17, 15) is 9.90 Å². The zero-order valence-corrected chi connectivity index (χ0v) is 20.2. The molecule has 0 unspecified atom stereocenters. The van der Waals surface area contributed by atoms with Crippen LogP contribution in [-0.2, 0) is 9.47 Å². The van der Waals surface area contributed by atoms with E-state index in [0.717, 1.165) is 31.7 Å². The van der Waals surface area contributed by atoms with Crippen molar-refractivity contribution in [1.29, 1.82) is 5.41 Å². The van der Waals surface area contributed by atoms with Crippen LogP contribution in [0.5, 0.6) is 5.75 Å². The average Bonchev–Trinajstić information content (AvgIpc) is 2.88. The maximum absolute atomic E-state index is 11.9. The van der Waals surface area contributed by atoms with Crippen molar-refractivity contribution < 1.29 is 24.1 Å². The van der Waals surface area contributed by atoms with Crippen molar-refractivity contribution >= 4 is 29.0 Å². The van der Waals surface area contributed by atoms with Crippen molar-refractivity contribution in [2.45, 2.75) is 26.7 Å². The van der Waals surface area contributed by atoms with Gasteiger partial charge in [0.2, 0.25) is 0 Å². The van der Waals surface area contributed by atoms with Crippen molar-refractivity contribution in [3.05, 3.63) is 35.7 Å². The molecule has 4 rings (SSSR count). The van der Waals surface area contributed by atoms with Gasteiger partial charge in [-0.25, -0.2) is 14.8 Å². The molecule has 188 valence electrons. The third-order valence-electron chi connectivity index (χ3n) is 6.21. The van der Waals surface area contributed by atoms with E-state index in [0.29, 0.717) is 61.7 Å². The number of morpholine rings is 1. The van der Waals surface area contributed by atoms with Crippen LogP contribution in [0.15, 0.2) is 24.4 Å². The summed E-state index contributed by atoms with van der Waals surface area (Å²) in [7, 11) is 0. The number of carboxylic acids is 1. The third kappa shape index (κ3) is 6.26. The smallest absolute Gasteiger partial charge is 0.354 e. The highest BCUT2D eigenvalue weighted by Crippen LogP contribution is 2.32. The Morgan fingerprint density at radius 2 is 1.94 bits per heavy atom. The van der Waals surface area contributed by atoms with Gasteiger partial charge in [-0.2, -0.15) is 0 Å². The Hall–Kier alpha value is -3.24. The summed E-state index contributed by atoms with van der Waals surface area (Å²) < 4.78 is 17.0. The minimum atomic E-state index is -1.16. The quantitative estimate of drug-likeness (QED) is 0.458. The molecule has 0 saturated carbocycles. The molecule has 10 heteroatoms. The Labute approximate surface area is 205 Å². The normalized spacial score (nSPS) is 16.8. The molecule has 0 amide bonds. The van der Waals surface area contributed by atoms with E-state index in [2.05, 4.69) is 20.2 Å². The van der Waals surface area contributed by atoms with Gasteiger partial charge < -0.3 is 34.9 Å². The Bertz CT molecular complexity index is 1050. The van der Waals surface area contributed by atoms with E-state index >= 15 is 0 Å². The Morgan fingerprint density at radius 3 is 2.63 bits per heavy atom. The van der Waals surface area contributed by atoms with Crippen LogP contribution in [-0.4, -0.2) is 72.9 Å². The molecule has 2 aliphatic rings. The molecule has 10 nitrogen and oxygen atoms in total. The number of aromatic carboxylic acids is 1. The molecule has 0 spiro atoms. The summed E-state index contributed by atoms with van der Waals surface area (Å²) in [6.45, 7) is 8.44. The summed E-state index contributed by atoms with van der Waals surface area (Å²) in [5, 5.41) is 21.7. The lowest BCUT2D eigenvalue weighted by Crippen LogP contribution is -2.36. The number of aromatic nitrogens is 2. The van der Waals surface area contributed by atoms with Gasteiger partial charge in [-0.15, -0.1) is 0 Å². The molecule has 4 heterocycles. The fraction of sp³-hybridized carbons (Fsp3) is 0.520. The van der Waals surface area contributed by atoms with E-state index in [1.54, 1.807) is 12.3 Å². The van der Waals surface area contributed by atoms with Crippen molar-refractivity contribution in [2.75, 3.05) is 56.3 Å². The SMILES string of the molecule is CC(C)C(=N)c1c(OCC2CCOCC2)cc(C(=O)O)nc1Nc1ccnc(N2CCOCC2)c1. The molecule has 0 bridgehead atoms. The zero-order chi connectivity index (χ0) is 24.8. The number of ether oxygens (including phenoxy) is 3. The average molecular weight is 484 g/mol. The van der Waals surface area contributed by atoms with Crippen molar-refractivity contribution in [2.24, 2.45) is 11.8 Å². The Morgan fingerprint density at radius 1 is 1.23 bits per heavy atom. The van der Waals surface area contributed by atoms with Gasteiger partial charge in [0.05, 0.1) is 25.4 Å². The fourth-order valence-corrected chi connectivity index (χ4v) is 4.10. The minimum Gasteiger partial charge on any atom is -0.492 e. The highest BCUT2D eigenvalue weighted by atomic mass is 16.5. The molecule has 3 N–H and O–H groups in total. The number of carbonyl (C=O) groups is 1. The van der Waals surface area contributed by atoms with E-state index in [-0.39, 0.29) is 17.4 Å². The van der Waals surface area contributed by atoms with E-state index in [1.165, 1.54) is 6.07 Å². The molecule has 2 fully saturated rings. The van der Waals surface area contributed by atoms with Gasteiger partial charge in [0.1, 0.15) is 17.4 Å². The number of nitrogens with zero attached hydrogens (tertiary/aromatic N) is 3. The number of rotatable bonds is 9. The molecule has 2 saturated heterocycles. The van der Waals surface area contributed by atoms with Crippen molar-refractivity contribution in [1.82, 2.24) is 9.97 Å². The highest BCUT2D eigenvalue weighted by molar-refractivity contribution is 6.07. The van der Waals surface area contributed by atoms with Crippen molar-refractivity contribution in [3.63, 3.8) is 0 Å². The second kappa shape index (κ2) is 11.5. The van der Waals surface area contributed by atoms with Crippen LogP contribution in [0.25, 0.3) is 0 Å². The molecule has 35 heavy (non-hydrogen) atoms. The zero-order valence-electron chi connectivity index (χ0n) is 20.2. The van der Waals surface area contributed by atoms with Gasteiger partial charge in [-0.05, 0) is 30.7 Å². The first-order valence-electron chi connectivity index (χ1n) is 12.1. The van der Waals surface area contributed by atoms with Gasteiger partial charge in [-0.3, -0.25) is 0 Å². The molecular weight excluding hydrogens is 450 g/mol. The first-order chi connectivity index (χ1) is 16.9. The number of nitrogens with one attached hydrogen (secondary N) is 2. The molecule has 0 aromatic carbocycles. The number of carboxylic acid groups (broad SMARTS) is 1. The van der Waals surface area contributed by atoms with Gasteiger partial charge in [-0.1, -0.05) is 13.8 Å². The largest absolute Gasteiger partial charge is 0.492 e. The molecule has 0 atom stereocenters. The summed E-state index contributed by atoms with van der Waals surface area (Å²) in [5.74, 6) is 0.482. The van der Waals surface area contributed by atoms with Gasteiger partial charge >= 0.3 is 5.97 Å². The standard InChI is InChI=1S/C25H33N5O5/c1-16(2)23(26)22-20(35-15-17-4-9-33-10-5-17)14-19(25(31)32)29-24(22)28-18-3-6-27-21(13-18)30-7-11-34-12-8-30/h3,6,13-14,16-17,26H,4-5,7-12,15H2,1-2H3,(H,31,32)(H,27,28,29). The van der Waals surface area contributed by atoms with Crippen LogP contribution < -0.4 is 15.0 Å². The number of hydrogen-bond donors (Lipinski definition) is 3. The third-order valence-corrected chi connectivity index (χ3v) is 6.21. The van der Waals surface area contributed by atoms with E-state index in [1.807, 2.05) is 19.9 Å². The summed E-state index contributed by atoms with van der Waals surface area (Å²) in [5.41, 5.74) is 1.35. The Balaban J connectivity index is 1.68. The predicted octanol–water partition coefficient (Wildman–Crippen LogP) is 3.58. The molecular formula is C25H33N5O5. The van der Waals surface area contributed by atoms with Crippen LogP contribution in [0.2, 0.25) is 0 Å². The van der Waals surface area contributed by atoms with E-state index < -0.39 is 5.97 Å². The number of pyridine rings is 2. The molecule has 2 aliphatic heterocycles. The van der Waals surface area contributed by atoms with Crippen LogP contribution in [0, 0.1) is 17.2 Å². The first-order valence-corrected chi connectivity index (χ1v) is 12.1. The second-order valence-electron chi connectivity index (χ2n) is 9.10. The Kier molecular flexibility index (Phi) is 8.14. The summed E-state index contributed by atoms with van der Waals surface area (Å²) in [4.78, 5) is 22.9. The second-order valence-corrected chi connectivity index (χ2v) is 9.10. The van der Waals surface area contributed by atoms with Crippen LogP contribution in [0.3, 0.4) is 0 Å². The summed E-state index contributed by atoms with van der Waals surface area (Å²) >= 11 is 0. The fourth-order valence-electron chi connectivity index (χ4n) is 4.10. The minimum absolute atomic E-state index is 0.111. The maximum Gasteiger partial charge on any atom is 0.354 e. The lowest BCUT2D eigenvalue weighted by atomic mass is 9.98. The molecule has 2 aromatic heterocycles. The van der Waals surface area contributed by atoms with Crippen LogP contribution in [0.4, 0.5) is 17.3 Å². The highest BCUT2D eigenvalue weighted by Gasteiger charge is 2.24. The molecule has 0 radical (unpaired) electrons. The maximum atomic E-state index is 11.9. The summed E-state index contributed by atoms with van der Waals surface area (Å²) in [6.07, 6.45) is 3.48. The lowest BCUT2D eigenvalue weighted by Gasteiger charge is -2.28. The number of hydrogen-bond acceptors (Lipinski definition) is 9. The van der Waals surface area contributed by atoms with Crippen LogP contribution >= 0.6 is 0 Å². The molecule has 0 aliphatic carbocycles. The van der Waals surface area contributed by atoms with Crippen molar-refractivity contribution in [3.8, 4) is 5.75 Å². The monoisotopic (exact) mass is 483 g/mol. The lowest BCUT2D eigenvalue weighted by molar-refractivity contribution is 0.0497. The predicted molar refractivity (Wildman–Crippen MR) is 132 cm³/mol. The summed E-state index contributed by atoms with van der Waals surface area (Å²) in [6, 6.07) is 5.11. The van der Waals surface area contributed by atoms with Crippen LogP contribution in [0.1, 0.15) is 42.7 Å². The van der Waals surface area contributed by atoms with E-state index in [4.69, 9.17) is 19.6 Å². The van der Waals surface area contributed by atoms with Gasteiger partial charge in [0.15, 0.2) is 5.69 Å². The topological polar surface area (TPSA) is 130 Å².